The van der Waals surface area contributed by atoms with Gasteiger partial charge in [-0.15, -0.1) is 0 Å². The Bertz CT molecular complexity index is 929. The molecule has 0 radical (unpaired) electrons. The second kappa shape index (κ2) is 5.96. The van der Waals surface area contributed by atoms with Gasteiger partial charge in [-0.2, -0.15) is 9.97 Å². The van der Waals surface area contributed by atoms with E-state index >= 15 is 0 Å². The minimum atomic E-state index is 0.306. The van der Waals surface area contributed by atoms with Crippen LogP contribution >= 0.6 is 0 Å². The fourth-order valence-electron chi connectivity index (χ4n) is 2.96. The van der Waals surface area contributed by atoms with Crippen molar-refractivity contribution in [3.8, 4) is 6.01 Å². The molecule has 2 N–H and O–H groups in total. The number of aromatic nitrogens is 4. The molecule has 122 valence electrons. The lowest BCUT2D eigenvalue weighted by atomic mass is 10.1. The highest BCUT2D eigenvalue weighted by atomic mass is 16.5. The van der Waals surface area contributed by atoms with Crippen LogP contribution in [-0.4, -0.2) is 26.1 Å². The van der Waals surface area contributed by atoms with Crippen molar-refractivity contribution < 1.29 is 4.74 Å². The topological polar surface area (TPSA) is 78.9 Å². The van der Waals surface area contributed by atoms with Gasteiger partial charge in [0, 0.05) is 0 Å². The van der Waals surface area contributed by atoms with E-state index in [1.54, 1.807) is 0 Å². The maximum atomic E-state index is 6.05. The molecule has 1 aliphatic rings. The summed E-state index contributed by atoms with van der Waals surface area (Å²) in [6, 6.07) is 8.89. The molecule has 0 saturated carbocycles. The van der Waals surface area contributed by atoms with Crippen LogP contribution < -0.4 is 10.5 Å². The standard InChI is InChI=1S/C18H19N5O/c1-12-20-15-16(19)21-18-22-17(15)23(12)11-14-8-5-7-13(10-14)6-3-2-4-9-24-18/h2-3,5,7-8,10H,4,6,9,11H2,1H3,(H2,19,21,22)/b3-2-. The Balaban J connectivity index is 1.87. The number of ether oxygens (including phenoxy) is 1. The van der Waals surface area contributed by atoms with Gasteiger partial charge in [0.1, 0.15) is 5.82 Å². The van der Waals surface area contributed by atoms with E-state index in [2.05, 4.69) is 55.9 Å². The van der Waals surface area contributed by atoms with E-state index in [1.165, 1.54) is 11.1 Å². The number of benzene rings is 1. The molecule has 4 bridgehead atoms. The van der Waals surface area contributed by atoms with Crippen molar-refractivity contribution >= 4 is 17.0 Å². The van der Waals surface area contributed by atoms with Gasteiger partial charge in [0.15, 0.2) is 17.0 Å². The molecule has 0 spiro atoms. The molecule has 1 aromatic carbocycles. The SMILES string of the molecule is Cc1nc2c(N)nc3nc2n1Cc1cccc(c1)C/C=C\CCO3. The van der Waals surface area contributed by atoms with Crippen molar-refractivity contribution in [3.63, 3.8) is 0 Å². The van der Waals surface area contributed by atoms with Gasteiger partial charge in [0.25, 0.3) is 0 Å². The number of nitrogen functional groups attached to an aromatic ring is 1. The van der Waals surface area contributed by atoms with Crippen LogP contribution in [0.15, 0.2) is 36.4 Å². The van der Waals surface area contributed by atoms with Crippen LogP contribution in [0.2, 0.25) is 0 Å². The Hall–Kier alpha value is -2.89. The first-order chi connectivity index (χ1) is 11.7. The van der Waals surface area contributed by atoms with E-state index in [4.69, 9.17) is 10.5 Å². The number of anilines is 1. The Kier molecular flexibility index (Phi) is 3.65. The molecule has 0 amide bonds. The molecule has 2 aromatic heterocycles. The fourth-order valence-corrected chi connectivity index (χ4v) is 2.96. The van der Waals surface area contributed by atoms with Crippen LogP contribution in [0.3, 0.4) is 0 Å². The van der Waals surface area contributed by atoms with Gasteiger partial charge in [-0.1, -0.05) is 36.4 Å². The number of hydrogen-bond donors (Lipinski definition) is 1. The monoisotopic (exact) mass is 321 g/mol. The van der Waals surface area contributed by atoms with E-state index in [1.807, 2.05) is 6.92 Å². The molecule has 4 rings (SSSR count). The second-order valence-electron chi connectivity index (χ2n) is 5.94. The van der Waals surface area contributed by atoms with Gasteiger partial charge < -0.3 is 15.0 Å². The molecule has 3 heterocycles. The summed E-state index contributed by atoms with van der Waals surface area (Å²) in [7, 11) is 0. The summed E-state index contributed by atoms with van der Waals surface area (Å²) in [5.41, 5.74) is 9.89. The number of allylic oxidation sites excluding steroid dienone is 1. The van der Waals surface area contributed by atoms with Crippen molar-refractivity contribution in [1.82, 2.24) is 19.5 Å². The molecule has 1 aliphatic heterocycles. The Morgan fingerprint density at radius 2 is 2.00 bits per heavy atom. The van der Waals surface area contributed by atoms with Crippen LogP contribution in [0.1, 0.15) is 23.4 Å². The number of hydrogen-bond acceptors (Lipinski definition) is 5. The van der Waals surface area contributed by atoms with Gasteiger partial charge in [0.05, 0.1) is 13.2 Å². The first-order valence-electron chi connectivity index (χ1n) is 8.06. The van der Waals surface area contributed by atoms with Crippen molar-refractivity contribution in [1.29, 1.82) is 0 Å². The number of fused-ring (bicyclic) bond motifs is 3. The number of imidazole rings is 1. The maximum Gasteiger partial charge on any atom is 0.320 e. The normalized spacial score (nSPS) is 15.9. The number of rotatable bonds is 0. The van der Waals surface area contributed by atoms with E-state index in [0.717, 1.165) is 18.7 Å². The van der Waals surface area contributed by atoms with Crippen LogP contribution in [0, 0.1) is 6.92 Å². The van der Waals surface area contributed by atoms with Crippen LogP contribution in [0.5, 0.6) is 6.01 Å². The lowest BCUT2D eigenvalue weighted by molar-refractivity contribution is 0.300. The first-order valence-corrected chi connectivity index (χ1v) is 8.06. The molecule has 6 nitrogen and oxygen atoms in total. The molecule has 0 atom stereocenters. The molecule has 0 unspecified atom stereocenters. The summed E-state index contributed by atoms with van der Waals surface area (Å²) in [6.07, 6.45) is 6.01. The van der Waals surface area contributed by atoms with E-state index < -0.39 is 0 Å². The Morgan fingerprint density at radius 3 is 2.92 bits per heavy atom. The van der Waals surface area contributed by atoms with Crippen LogP contribution in [-0.2, 0) is 13.0 Å². The zero-order valence-corrected chi connectivity index (χ0v) is 13.6. The number of nitrogens with two attached hydrogens (primary N) is 1. The van der Waals surface area contributed by atoms with Crippen LogP contribution in [0.4, 0.5) is 5.82 Å². The molecular weight excluding hydrogens is 302 g/mol. The lowest BCUT2D eigenvalue weighted by Gasteiger charge is -2.10. The molecule has 0 fully saturated rings. The molecule has 3 aromatic rings. The summed E-state index contributed by atoms with van der Waals surface area (Å²) in [4.78, 5) is 13.3. The zero-order chi connectivity index (χ0) is 16.5. The largest absolute Gasteiger partial charge is 0.463 e. The molecule has 0 aliphatic carbocycles. The molecule has 6 heteroatoms. The van der Waals surface area contributed by atoms with Gasteiger partial charge in [0.2, 0.25) is 0 Å². The molecule has 0 saturated heterocycles. The molecule has 24 heavy (non-hydrogen) atoms. The predicted molar refractivity (Wildman–Crippen MR) is 93.0 cm³/mol. The quantitative estimate of drug-likeness (QED) is 0.644. The van der Waals surface area contributed by atoms with Gasteiger partial charge >= 0.3 is 6.01 Å². The van der Waals surface area contributed by atoms with E-state index in [-0.39, 0.29) is 0 Å². The first kappa shape index (κ1) is 14.7. The smallest absolute Gasteiger partial charge is 0.320 e. The van der Waals surface area contributed by atoms with Crippen molar-refractivity contribution in [2.45, 2.75) is 26.3 Å². The summed E-state index contributed by atoms with van der Waals surface area (Å²) < 4.78 is 7.71. The second-order valence-corrected chi connectivity index (χ2v) is 5.94. The highest BCUT2D eigenvalue weighted by Gasteiger charge is 2.15. The van der Waals surface area contributed by atoms with E-state index in [9.17, 15) is 0 Å². The van der Waals surface area contributed by atoms with E-state index in [0.29, 0.717) is 36.1 Å². The zero-order valence-electron chi connectivity index (χ0n) is 13.6. The average Bonchev–Trinajstić information content (AvgIpc) is 2.88. The summed E-state index contributed by atoms with van der Waals surface area (Å²) in [5.74, 6) is 1.22. The van der Waals surface area contributed by atoms with Crippen LogP contribution in [0.25, 0.3) is 11.2 Å². The van der Waals surface area contributed by atoms with Crippen molar-refractivity contribution in [3.05, 3.63) is 53.4 Å². The Morgan fingerprint density at radius 1 is 1.12 bits per heavy atom. The number of nitrogens with zero attached hydrogens (tertiary/aromatic N) is 4. The Labute approximate surface area is 140 Å². The number of aryl methyl sites for hydroxylation is 1. The maximum absolute atomic E-state index is 6.05. The third-order valence-electron chi connectivity index (χ3n) is 4.16. The minimum absolute atomic E-state index is 0.306. The van der Waals surface area contributed by atoms with Gasteiger partial charge in [-0.3, -0.25) is 0 Å². The third kappa shape index (κ3) is 2.71. The lowest BCUT2D eigenvalue weighted by Crippen LogP contribution is -2.07. The fraction of sp³-hybridized carbons (Fsp3) is 0.278. The highest BCUT2D eigenvalue weighted by Crippen LogP contribution is 2.23. The highest BCUT2D eigenvalue weighted by molar-refractivity contribution is 5.82. The van der Waals surface area contributed by atoms with Gasteiger partial charge in [-0.05, 0) is 30.9 Å². The van der Waals surface area contributed by atoms with Gasteiger partial charge in [-0.25, -0.2) is 4.98 Å². The van der Waals surface area contributed by atoms with Crippen molar-refractivity contribution in [2.75, 3.05) is 12.3 Å². The predicted octanol–water partition coefficient (Wildman–Crippen LogP) is 2.65. The summed E-state index contributed by atoms with van der Waals surface area (Å²) >= 11 is 0. The minimum Gasteiger partial charge on any atom is -0.463 e. The average molecular weight is 321 g/mol. The van der Waals surface area contributed by atoms with Crippen molar-refractivity contribution in [2.24, 2.45) is 0 Å². The summed E-state index contributed by atoms with van der Waals surface area (Å²) in [5, 5.41) is 0. The third-order valence-corrected chi connectivity index (χ3v) is 4.16. The molecular formula is C18H19N5O. The summed E-state index contributed by atoms with van der Waals surface area (Å²) in [6.45, 7) is 3.17.